The first kappa shape index (κ1) is 25.3. The smallest absolute Gasteiger partial charge is 0.162 e. The number of phenolic OH excluding ortho intramolecular Hbond substituents is 1. The van der Waals surface area contributed by atoms with Crippen LogP contribution < -0.4 is 4.74 Å². The molecular formula is C26H43NO5. The van der Waals surface area contributed by atoms with Gasteiger partial charge in [0.1, 0.15) is 6.61 Å². The van der Waals surface area contributed by atoms with Gasteiger partial charge in [-0.2, -0.15) is 0 Å². The van der Waals surface area contributed by atoms with Gasteiger partial charge in [0.25, 0.3) is 0 Å². The van der Waals surface area contributed by atoms with Gasteiger partial charge in [-0.25, -0.2) is 0 Å². The molecule has 1 aromatic rings. The molecule has 2 heterocycles. The van der Waals surface area contributed by atoms with Crippen LogP contribution in [-0.2, 0) is 21.4 Å². The highest BCUT2D eigenvalue weighted by Gasteiger charge is 2.37. The second-order valence-electron chi connectivity index (χ2n) is 11.7. The number of hydrogen-bond donors (Lipinski definition) is 2. The molecule has 2 aliphatic rings. The van der Waals surface area contributed by atoms with Crippen molar-refractivity contribution in [2.24, 2.45) is 5.41 Å². The Morgan fingerprint density at radius 2 is 1.84 bits per heavy atom. The maximum atomic E-state index is 11.1. The Hall–Kier alpha value is -1.34. The summed E-state index contributed by atoms with van der Waals surface area (Å²) in [5.41, 5.74) is 1.72. The summed E-state index contributed by atoms with van der Waals surface area (Å²) in [6, 6.07) is 4.16. The summed E-state index contributed by atoms with van der Waals surface area (Å²) in [5.74, 6) is 0.733. The molecule has 2 N–H and O–H groups in total. The zero-order valence-electron chi connectivity index (χ0n) is 20.9. The van der Waals surface area contributed by atoms with Crippen LogP contribution in [-0.4, -0.2) is 66.3 Å². The lowest BCUT2D eigenvalue weighted by molar-refractivity contribution is -0.0696. The number of morpholine rings is 1. The van der Waals surface area contributed by atoms with Crippen LogP contribution in [0.1, 0.15) is 71.9 Å². The minimum Gasteiger partial charge on any atom is -0.504 e. The van der Waals surface area contributed by atoms with E-state index in [9.17, 15) is 10.2 Å². The Morgan fingerprint density at radius 1 is 1.16 bits per heavy atom. The van der Waals surface area contributed by atoms with Gasteiger partial charge in [-0.3, -0.25) is 4.90 Å². The first-order valence-corrected chi connectivity index (χ1v) is 12.0. The highest BCUT2D eigenvalue weighted by Crippen LogP contribution is 2.42. The third-order valence-electron chi connectivity index (χ3n) is 6.59. The van der Waals surface area contributed by atoms with Crippen molar-refractivity contribution in [2.45, 2.75) is 84.5 Å². The molecule has 32 heavy (non-hydrogen) atoms. The molecule has 2 atom stereocenters. The van der Waals surface area contributed by atoms with E-state index in [0.717, 1.165) is 51.1 Å². The predicted molar refractivity (Wildman–Crippen MR) is 126 cm³/mol. The topological polar surface area (TPSA) is 71.4 Å². The molecule has 0 aliphatic carbocycles. The molecule has 2 saturated heterocycles. The highest BCUT2D eigenvalue weighted by molar-refractivity contribution is 5.50. The summed E-state index contributed by atoms with van der Waals surface area (Å²) >= 11 is 0. The van der Waals surface area contributed by atoms with Gasteiger partial charge in [-0.15, -0.1) is 0 Å². The van der Waals surface area contributed by atoms with Crippen molar-refractivity contribution in [1.29, 1.82) is 0 Å². The molecule has 0 amide bonds. The van der Waals surface area contributed by atoms with Crippen molar-refractivity contribution >= 4 is 0 Å². The fourth-order valence-corrected chi connectivity index (χ4v) is 5.17. The average Bonchev–Trinajstić information content (AvgIpc) is 3.09. The summed E-state index contributed by atoms with van der Waals surface area (Å²) in [4.78, 5) is 2.32. The number of benzene rings is 1. The number of aromatic hydroxyl groups is 1. The number of aliphatic hydroxyl groups excluding tert-OH is 1. The fraction of sp³-hybridized carbons (Fsp3) is 0.769. The van der Waals surface area contributed by atoms with Crippen LogP contribution >= 0.6 is 0 Å². The summed E-state index contributed by atoms with van der Waals surface area (Å²) < 4.78 is 17.7. The third kappa shape index (κ3) is 6.60. The van der Waals surface area contributed by atoms with Gasteiger partial charge in [-0.1, -0.05) is 34.6 Å². The van der Waals surface area contributed by atoms with Crippen LogP contribution in [0.25, 0.3) is 0 Å². The summed E-state index contributed by atoms with van der Waals surface area (Å²) in [7, 11) is 0. The zero-order chi connectivity index (χ0) is 23.6. The second-order valence-corrected chi connectivity index (χ2v) is 11.7. The Morgan fingerprint density at radius 3 is 2.44 bits per heavy atom. The molecule has 0 aromatic heterocycles. The van der Waals surface area contributed by atoms with Gasteiger partial charge in [0, 0.05) is 25.2 Å². The first-order chi connectivity index (χ1) is 14.9. The van der Waals surface area contributed by atoms with E-state index in [4.69, 9.17) is 14.2 Å². The van der Waals surface area contributed by atoms with Gasteiger partial charge >= 0.3 is 0 Å². The molecule has 2 aliphatic heterocycles. The fourth-order valence-electron chi connectivity index (χ4n) is 5.17. The quantitative estimate of drug-likeness (QED) is 0.618. The van der Waals surface area contributed by atoms with Crippen molar-refractivity contribution in [3.05, 3.63) is 23.3 Å². The van der Waals surface area contributed by atoms with E-state index in [0.29, 0.717) is 18.9 Å². The van der Waals surface area contributed by atoms with E-state index in [2.05, 4.69) is 45.6 Å². The Labute approximate surface area is 193 Å². The maximum Gasteiger partial charge on any atom is 0.162 e. The highest BCUT2D eigenvalue weighted by atomic mass is 16.6. The van der Waals surface area contributed by atoms with E-state index >= 15 is 0 Å². The van der Waals surface area contributed by atoms with Crippen LogP contribution in [0.5, 0.6) is 11.5 Å². The summed E-state index contributed by atoms with van der Waals surface area (Å²) in [6.07, 6.45) is 2.53. The monoisotopic (exact) mass is 449 g/mol. The Bertz CT molecular complexity index is 766. The van der Waals surface area contributed by atoms with Crippen molar-refractivity contribution < 1.29 is 24.4 Å². The number of ether oxygens (including phenoxy) is 3. The van der Waals surface area contributed by atoms with Crippen LogP contribution in [0.4, 0.5) is 0 Å². The number of nitrogens with zero attached hydrogens (tertiary/aromatic N) is 1. The van der Waals surface area contributed by atoms with Crippen molar-refractivity contribution in [2.75, 3.05) is 39.5 Å². The third-order valence-corrected chi connectivity index (χ3v) is 6.59. The molecule has 3 rings (SSSR count). The van der Waals surface area contributed by atoms with Crippen LogP contribution in [0.3, 0.4) is 0 Å². The Kier molecular flexibility index (Phi) is 7.81. The Balaban J connectivity index is 1.87. The standard InChI is InChI=1S/C26H43NO5/c1-24(2,3)17-25(4,5)20-13-19(15-27-9-11-30-12-10-27)23(29)22(14-20)31-18-26(6)8-7-21(16-28)32-26/h13-14,21,28-29H,7-12,15-18H2,1-6H3. The lowest BCUT2D eigenvalue weighted by atomic mass is 9.72. The average molecular weight is 450 g/mol. The molecule has 1 aromatic carbocycles. The molecule has 2 fully saturated rings. The minimum atomic E-state index is -0.457. The number of hydrogen-bond acceptors (Lipinski definition) is 6. The normalized spacial score (nSPS) is 25.3. The van der Waals surface area contributed by atoms with Gasteiger partial charge in [-0.05, 0) is 54.7 Å². The molecule has 182 valence electrons. The van der Waals surface area contributed by atoms with Crippen molar-refractivity contribution in [3.63, 3.8) is 0 Å². The van der Waals surface area contributed by atoms with Crippen LogP contribution in [0.15, 0.2) is 12.1 Å². The van der Waals surface area contributed by atoms with E-state index in [-0.39, 0.29) is 29.3 Å². The van der Waals surface area contributed by atoms with Gasteiger partial charge in [0.2, 0.25) is 0 Å². The van der Waals surface area contributed by atoms with Crippen molar-refractivity contribution in [3.8, 4) is 11.5 Å². The van der Waals surface area contributed by atoms with Crippen molar-refractivity contribution in [1.82, 2.24) is 4.90 Å². The van der Waals surface area contributed by atoms with Crippen LogP contribution in [0.2, 0.25) is 0 Å². The molecule has 0 radical (unpaired) electrons. The predicted octanol–water partition coefficient (Wildman–Crippen LogP) is 4.25. The first-order valence-electron chi connectivity index (χ1n) is 12.0. The lowest BCUT2D eigenvalue weighted by Crippen LogP contribution is -2.36. The molecule has 6 nitrogen and oxygen atoms in total. The zero-order valence-corrected chi connectivity index (χ0v) is 20.9. The maximum absolute atomic E-state index is 11.1. The number of aliphatic hydroxyl groups is 1. The van der Waals surface area contributed by atoms with E-state index < -0.39 is 5.60 Å². The molecule has 0 bridgehead atoms. The lowest BCUT2D eigenvalue weighted by Gasteiger charge is -2.34. The summed E-state index contributed by atoms with van der Waals surface area (Å²) in [5, 5.41) is 20.6. The molecule has 0 saturated carbocycles. The number of rotatable bonds is 8. The second kappa shape index (κ2) is 9.88. The van der Waals surface area contributed by atoms with Crippen LogP contribution in [0, 0.1) is 5.41 Å². The largest absolute Gasteiger partial charge is 0.504 e. The van der Waals surface area contributed by atoms with Gasteiger partial charge < -0.3 is 24.4 Å². The minimum absolute atomic E-state index is 0.0288. The van der Waals surface area contributed by atoms with E-state index in [1.165, 1.54) is 5.56 Å². The van der Waals surface area contributed by atoms with Gasteiger partial charge in [0.15, 0.2) is 11.5 Å². The van der Waals surface area contributed by atoms with Gasteiger partial charge in [0.05, 0.1) is 31.5 Å². The molecule has 2 unspecified atom stereocenters. The SMILES string of the molecule is CC(C)(C)CC(C)(C)c1cc(CN2CCOCC2)c(O)c(OCC2(C)CCC(CO)O2)c1. The number of phenols is 1. The molecule has 0 spiro atoms. The molecular weight excluding hydrogens is 406 g/mol. The molecule has 6 heteroatoms. The summed E-state index contributed by atoms with van der Waals surface area (Å²) in [6.45, 7) is 17.5. The van der Waals surface area contributed by atoms with E-state index in [1.54, 1.807) is 0 Å². The van der Waals surface area contributed by atoms with E-state index in [1.807, 2.05) is 13.0 Å².